The molecule has 0 saturated heterocycles. The van der Waals surface area contributed by atoms with Gasteiger partial charge in [0.25, 0.3) is 0 Å². The van der Waals surface area contributed by atoms with Crippen molar-refractivity contribution in [2.75, 3.05) is 11.5 Å². The molecule has 2 aromatic heterocycles. The third-order valence-electron chi connectivity index (χ3n) is 1.50. The fraction of sp³-hybridized carbons (Fsp3) is 0.417. The van der Waals surface area contributed by atoms with E-state index in [1.165, 1.54) is 6.42 Å². The van der Waals surface area contributed by atoms with Crippen LogP contribution in [0.4, 0.5) is 11.8 Å². The minimum Gasteiger partial charge on any atom is -0.382 e. The van der Waals surface area contributed by atoms with Crippen LogP contribution in [-0.2, 0) is 0 Å². The molecule has 0 aliphatic rings. The first-order chi connectivity index (χ1) is 8.19. The molecule has 0 aliphatic heterocycles. The van der Waals surface area contributed by atoms with E-state index >= 15 is 0 Å². The topological polar surface area (TPSA) is 90.7 Å². The molecule has 2 rings (SSSR count). The van der Waals surface area contributed by atoms with Crippen LogP contribution in [0.1, 0.15) is 34.1 Å². The number of nitrogens with two attached hydrogens (primary N) is 2. The lowest BCUT2D eigenvalue weighted by Crippen LogP contribution is -2.01. The van der Waals surface area contributed by atoms with Crippen LogP contribution >= 0.6 is 0 Å². The van der Waals surface area contributed by atoms with Crippen molar-refractivity contribution in [1.29, 1.82) is 0 Å². The summed E-state index contributed by atoms with van der Waals surface area (Å²) in [7, 11) is 0. The number of hydrogen-bond acceptors (Lipinski definition) is 5. The zero-order valence-corrected chi connectivity index (χ0v) is 10.9. The molecular formula is C12H21N5. The maximum Gasteiger partial charge on any atom is 0.222 e. The lowest BCUT2D eigenvalue weighted by molar-refractivity contribution is 1.09. The van der Waals surface area contributed by atoms with Crippen molar-refractivity contribution in [2.24, 2.45) is 0 Å². The molecule has 94 valence electrons. The van der Waals surface area contributed by atoms with Crippen LogP contribution < -0.4 is 11.5 Å². The first-order valence-corrected chi connectivity index (χ1v) is 5.82. The van der Waals surface area contributed by atoms with Gasteiger partial charge in [-0.05, 0) is 12.1 Å². The maximum atomic E-state index is 5.56. The summed E-state index contributed by atoms with van der Waals surface area (Å²) in [5.41, 5.74) is 12.2. The predicted molar refractivity (Wildman–Crippen MR) is 73.5 cm³/mol. The second-order valence-electron chi connectivity index (χ2n) is 3.05. The van der Waals surface area contributed by atoms with Crippen LogP contribution in [0.25, 0.3) is 11.0 Å². The van der Waals surface area contributed by atoms with Gasteiger partial charge in [-0.2, -0.15) is 4.98 Å². The second kappa shape index (κ2) is 8.27. The Balaban J connectivity index is 0.000000450. The number of anilines is 2. The van der Waals surface area contributed by atoms with Gasteiger partial charge in [0.1, 0.15) is 5.52 Å². The molecule has 0 fully saturated rings. The van der Waals surface area contributed by atoms with Crippen LogP contribution in [0.2, 0.25) is 0 Å². The Kier molecular flexibility index (Phi) is 7.34. The number of aromatic nitrogens is 3. The number of fused-ring (bicyclic) bond motifs is 1. The first kappa shape index (κ1) is 15.1. The van der Waals surface area contributed by atoms with Gasteiger partial charge in [0.2, 0.25) is 5.95 Å². The van der Waals surface area contributed by atoms with Crippen LogP contribution in [0.5, 0.6) is 0 Å². The monoisotopic (exact) mass is 235 g/mol. The maximum absolute atomic E-state index is 5.56. The van der Waals surface area contributed by atoms with Crippen molar-refractivity contribution in [1.82, 2.24) is 15.0 Å². The Morgan fingerprint density at radius 2 is 1.71 bits per heavy atom. The fourth-order valence-corrected chi connectivity index (χ4v) is 1.01. The van der Waals surface area contributed by atoms with Crippen LogP contribution in [0, 0.1) is 0 Å². The van der Waals surface area contributed by atoms with Crippen LogP contribution in [-0.4, -0.2) is 15.0 Å². The van der Waals surface area contributed by atoms with Crippen molar-refractivity contribution in [3.8, 4) is 0 Å². The molecule has 2 aromatic rings. The predicted octanol–water partition coefficient (Wildman–Crippen LogP) is 2.63. The summed E-state index contributed by atoms with van der Waals surface area (Å²) in [6.45, 7) is 8.25. The summed E-state index contributed by atoms with van der Waals surface area (Å²) in [5, 5.41) is 0. The van der Waals surface area contributed by atoms with Gasteiger partial charge in [-0.1, -0.05) is 34.1 Å². The van der Waals surface area contributed by atoms with Gasteiger partial charge in [-0.3, -0.25) is 4.98 Å². The number of nitrogens with zero attached hydrogens (tertiary/aromatic N) is 3. The Hall–Kier alpha value is -1.91. The van der Waals surface area contributed by atoms with E-state index in [1.54, 1.807) is 18.3 Å². The standard InChI is InChI=1S/C7H7N5.C3H8.C2H6/c8-6-5-4(2-1-3-10-5)11-7(9)12-6;1-3-2;1-2/h1-3H,(H4,8,9,11,12);3H2,1-2H3;1-2H3. The highest BCUT2D eigenvalue weighted by Gasteiger charge is 2.01. The van der Waals surface area contributed by atoms with E-state index in [4.69, 9.17) is 11.5 Å². The van der Waals surface area contributed by atoms with E-state index in [-0.39, 0.29) is 5.95 Å². The molecule has 4 N–H and O–H groups in total. The van der Waals surface area contributed by atoms with E-state index in [1.807, 2.05) is 13.8 Å². The average molecular weight is 235 g/mol. The van der Waals surface area contributed by atoms with Gasteiger partial charge in [0, 0.05) is 6.20 Å². The molecule has 0 radical (unpaired) electrons. The van der Waals surface area contributed by atoms with Crippen molar-refractivity contribution in [2.45, 2.75) is 34.1 Å². The Labute approximate surface area is 102 Å². The van der Waals surface area contributed by atoms with Crippen LogP contribution in [0.15, 0.2) is 18.3 Å². The highest BCUT2D eigenvalue weighted by atomic mass is 15.0. The molecule has 0 unspecified atom stereocenters. The third kappa shape index (κ3) is 4.63. The molecule has 0 spiro atoms. The molecule has 0 saturated carbocycles. The largest absolute Gasteiger partial charge is 0.382 e. The van der Waals surface area contributed by atoms with Crippen LogP contribution in [0.3, 0.4) is 0 Å². The van der Waals surface area contributed by atoms with Gasteiger partial charge < -0.3 is 11.5 Å². The van der Waals surface area contributed by atoms with Crippen molar-refractivity contribution < 1.29 is 0 Å². The minimum absolute atomic E-state index is 0.174. The van der Waals surface area contributed by atoms with Gasteiger partial charge in [0.15, 0.2) is 5.82 Å². The van der Waals surface area contributed by atoms with E-state index in [9.17, 15) is 0 Å². The number of pyridine rings is 1. The lowest BCUT2D eigenvalue weighted by Gasteiger charge is -1.99. The summed E-state index contributed by atoms with van der Waals surface area (Å²) in [4.78, 5) is 11.8. The SMILES string of the molecule is CC.CCC.Nc1nc(N)c2ncccc2n1. The quantitative estimate of drug-likeness (QED) is 0.732. The van der Waals surface area contributed by atoms with E-state index in [2.05, 4.69) is 28.8 Å². The average Bonchev–Trinajstić information content (AvgIpc) is 2.32. The molecule has 0 bridgehead atoms. The fourth-order valence-electron chi connectivity index (χ4n) is 1.01. The molecular weight excluding hydrogens is 214 g/mol. The molecule has 0 aromatic carbocycles. The number of hydrogen-bond donors (Lipinski definition) is 2. The van der Waals surface area contributed by atoms with E-state index in [0.717, 1.165) is 0 Å². The smallest absolute Gasteiger partial charge is 0.222 e. The highest BCUT2D eigenvalue weighted by Crippen LogP contribution is 2.14. The minimum atomic E-state index is 0.174. The molecule has 0 amide bonds. The molecule has 2 heterocycles. The Bertz CT molecular complexity index is 442. The second-order valence-corrected chi connectivity index (χ2v) is 3.05. The van der Waals surface area contributed by atoms with E-state index < -0.39 is 0 Å². The van der Waals surface area contributed by atoms with E-state index in [0.29, 0.717) is 16.9 Å². The normalized spacial score (nSPS) is 8.71. The van der Waals surface area contributed by atoms with Crippen molar-refractivity contribution in [3.05, 3.63) is 18.3 Å². The highest BCUT2D eigenvalue weighted by molar-refractivity contribution is 5.84. The molecule has 17 heavy (non-hydrogen) atoms. The zero-order chi connectivity index (χ0) is 13.3. The first-order valence-electron chi connectivity index (χ1n) is 5.82. The summed E-state index contributed by atoms with van der Waals surface area (Å²) >= 11 is 0. The Morgan fingerprint density at radius 3 is 2.29 bits per heavy atom. The molecule has 5 nitrogen and oxygen atoms in total. The third-order valence-corrected chi connectivity index (χ3v) is 1.50. The molecule has 0 aliphatic carbocycles. The summed E-state index contributed by atoms with van der Waals surface area (Å²) in [6, 6.07) is 3.56. The van der Waals surface area contributed by atoms with Gasteiger partial charge in [0.05, 0.1) is 5.52 Å². The van der Waals surface area contributed by atoms with Gasteiger partial charge in [-0.15, -0.1) is 0 Å². The van der Waals surface area contributed by atoms with Crippen molar-refractivity contribution in [3.63, 3.8) is 0 Å². The lowest BCUT2D eigenvalue weighted by atomic mass is 10.3. The zero-order valence-electron chi connectivity index (χ0n) is 10.9. The number of rotatable bonds is 0. The number of nitrogen functional groups attached to an aromatic ring is 2. The Morgan fingerprint density at radius 1 is 1.12 bits per heavy atom. The van der Waals surface area contributed by atoms with Gasteiger partial charge in [-0.25, -0.2) is 4.98 Å². The summed E-state index contributed by atoms with van der Waals surface area (Å²) in [6.07, 6.45) is 2.89. The summed E-state index contributed by atoms with van der Waals surface area (Å²) < 4.78 is 0. The molecule has 5 heteroatoms. The molecule has 0 atom stereocenters. The summed E-state index contributed by atoms with van der Waals surface area (Å²) in [5.74, 6) is 0.492. The van der Waals surface area contributed by atoms with Gasteiger partial charge >= 0.3 is 0 Å². The van der Waals surface area contributed by atoms with Crippen molar-refractivity contribution >= 4 is 22.8 Å².